The van der Waals surface area contributed by atoms with E-state index in [2.05, 4.69) is 10.4 Å². The van der Waals surface area contributed by atoms with Crippen molar-refractivity contribution in [1.29, 1.82) is 0 Å². The Labute approximate surface area is 115 Å². The van der Waals surface area contributed by atoms with Gasteiger partial charge in [-0.25, -0.2) is 10.8 Å². The number of nitrogens with two attached hydrogens (primary N) is 1. The average Bonchev–Trinajstić information content (AvgIpc) is 2.40. The van der Waals surface area contributed by atoms with Gasteiger partial charge in [0.25, 0.3) is 0 Å². The van der Waals surface area contributed by atoms with Crippen LogP contribution in [0, 0.1) is 0 Å². The van der Waals surface area contributed by atoms with Crippen LogP contribution in [-0.2, 0) is 0 Å². The summed E-state index contributed by atoms with van der Waals surface area (Å²) < 4.78 is 0. The summed E-state index contributed by atoms with van der Waals surface area (Å²) in [6.45, 7) is 0. The molecule has 0 unspecified atom stereocenters. The normalized spacial score (nSPS) is 11.4. The highest BCUT2D eigenvalue weighted by Gasteiger charge is 2.08. The van der Waals surface area contributed by atoms with Gasteiger partial charge in [-0.2, -0.15) is 0 Å². The molecule has 5 heteroatoms. The number of halogens is 2. The first-order valence-corrected chi connectivity index (χ1v) is 6.02. The van der Waals surface area contributed by atoms with E-state index < -0.39 is 0 Å². The lowest BCUT2D eigenvalue weighted by atomic mass is 10.2. The van der Waals surface area contributed by atoms with Gasteiger partial charge >= 0.3 is 0 Å². The molecule has 0 aliphatic heterocycles. The number of rotatable bonds is 2. The van der Waals surface area contributed by atoms with Gasteiger partial charge in [-0.05, 0) is 30.3 Å². The maximum Gasteiger partial charge on any atom is 0.149 e. The first-order chi connectivity index (χ1) is 8.70. The summed E-state index contributed by atoms with van der Waals surface area (Å²) in [7, 11) is 0. The van der Waals surface area contributed by atoms with Crippen molar-refractivity contribution in [1.82, 2.24) is 5.43 Å². The number of benzene rings is 2. The van der Waals surface area contributed by atoms with Crippen LogP contribution in [0.15, 0.2) is 53.5 Å². The van der Waals surface area contributed by atoms with Crippen molar-refractivity contribution >= 4 is 34.7 Å². The van der Waals surface area contributed by atoms with Crippen molar-refractivity contribution in [2.24, 2.45) is 10.8 Å². The second-order valence-electron chi connectivity index (χ2n) is 3.56. The van der Waals surface area contributed by atoms with Crippen LogP contribution < -0.4 is 11.3 Å². The van der Waals surface area contributed by atoms with Crippen molar-refractivity contribution in [3.05, 3.63) is 64.1 Å². The molecule has 0 atom stereocenters. The third-order valence-corrected chi connectivity index (χ3v) is 2.88. The molecule has 0 aliphatic carbocycles. The minimum Gasteiger partial charge on any atom is -0.308 e. The van der Waals surface area contributed by atoms with Crippen LogP contribution in [0.25, 0.3) is 0 Å². The molecule has 0 saturated carbocycles. The number of amidine groups is 1. The standard InChI is InChI=1S/C13H11Cl2N3/c14-9-6-7-12(15)11(8-9)13(18-16)17-10-4-2-1-3-5-10/h1-8H,16H2,(H,17,18). The van der Waals surface area contributed by atoms with Gasteiger partial charge in [-0.1, -0.05) is 41.4 Å². The molecule has 0 fully saturated rings. The molecule has 18 heavy (non-hydrogen) atoms. The predicted molar refractivity (Wildman–Crippen MR) is 76.4 cm³/mol. The molecule has 0 heterocycles. The SMILES string of the molecule is NNC(=Nc1ccccc1)c1cc(Cl)ccc1Cl. The van der Waals surface area contributed by atoms with Gasteiger partial charge < -0.3 is 5.43 Å². The monoisotopic (exact) mass is 279 g/mol. The quantitative estimate of drug-likeness (QED) is 0.382. The van der Waals surface area contributed by atoms with E-state index >= 15 is 0 Å². The Morgan fingerprint density at radius 2 is 1.78 bits per heavy atom. The number of hydrazine groups is 1. The summed E-state index contributed by atoms with van der Waals surface area (Å²) in [5.41, 5.74) is 3.98. The van der Waals surface area contributed by atoms with E-state index in [1.807, 2.05) is 30.3 Å². The van der Waals surface area contributed by atoms with Gasteiger partial charge in [-0.15, -0.1) is 0 Å². The van der Waals surface area contributed by atoms with Crippen LogP contribution >= 0.6 is 23.2 Å². The minimum atomic E-state index is 0.466. The maximum atomic E-state index is 6.10. The number of nitrogens with one attached hydrogen (secondary N) is 1. The largest absolute Gasteiger partial charge is 0.308 e. The van der Waals surface area contributed by atoms with Crippen LogP contribution in [0.5, 0.6) is 0 Å². The first kappa shape index (κ1) is 12.9. The van der Waals surface area contributed by atoms with E-state index in [4.69, 9.17) is 29.0 Å². The molecule has 3 N–H and O–H groups in total. The Bertz CT molecular complexity index is 568. The fourth-order valence-corrected chi connectivity index (χ4v) is 1.86. The second kappa shape index (κ2) is 5.87. The molecule has 0 saturated heterocycles. The lowest BCUT2D eigenvalue weighted by Gasteiger charge is -2.08. The molecule has 2 rings (SSSR count). The summed E-state index contributed by atoms with van der Waals surface area (Å²) in [5.74, 6) is 5.96. The summed E-state index contributed by atoms with van der Waals surface area (Å²) in [4.78, 5) is 4.39. The molecule has 0 amide bonds. The Morgan fingerprint density at radius 3 is 2.44 bits per heavy atom. The molecule has 2 aromatic carbocycles. The van der Waals surface area contributed by atoms with E-state index in [1.165, 1.54) is 0 Å². The molecule has 3 nitrogen and oxygen atoms in total. The Kier molecular flexibility index (Phi) is 4.20. The Balaban J connectivity index is 2.45. The van der Waals surface area contributed by atoms with Gasteiger partial charge in [-0.3, -0.25) is 0 Å². The number of para-hydroxylation sites is 1. The van der Waals surface area contributed by atoms with E-state index in [1.54, 1.807) is 18.2 Å². The van der Waals surface area contributed by atoms with E-state index in [0.29, 0.717) is 21.4 Å². The number of nitrogens with zero attached hydrogens (tertiary/aromatic N) is 1. The molecule has 0 aliphatic rings. The third-order valence-electron chi connectivity index (χ3n) is 2.32. The zero-order valence-corrected chi connectivity index (χ0v) is 10.9. The molecule has 2 aromatic rings. The Hall–Kier alpha value is -1.55. The summed E-state index contributed by atoms with van der Waals surface area (Å²) >= 11 is 12.0. The lowest BCUT2D eigenvalue weighted by molar-refractivity contribution is 1.02. The molecule has 0 bridgehead atoms. The highest BCUT2D eigenvalue weighted by Crippen LogP contribution is 2.22. The van der Waals surface area contributed by atoms with Crippen LogP contribution in [0.1, 0.15) is 5.56 Å². The van der Waals surface area contributed by atoms with Crippen LogP contribution in [0.3, 0.4) is 0 Å². The van der Waals surface area contributed by atoms with Gasteiger partial charge in [0.15, 0.2) is 0 Å². The van der Waals surface area contributed by atoms with Crippen LogP contribution in [-0.4, -0.2) is 5.84 Å². The molecular weight excluding hydrogens is 269 g/mol. The fourth-order valence-electron chi connectivity index (χ4n) is 1.48. The molecule has 0 spiro atoms. The summed E-state index contributed by atoms with van der Waals surface area (Å²) in [6.07, 6.45) is 0. The topological polar surface area (TPSA) is 50.4 Å². The molecule has 92 valence electrons. The van der Waals surface area contributed by atoms with E-state index in [-0.39, 0.29) is 0 Å². The van der Waals surface area contributed by atoms with Crippen LogP contribution in [0.4, 0.5) is 5.69 Å². The fraction of sp³-hybridized carbons (Fsp3) is 0. The summed E-state index contributed by atoms with van der Waals surface area (Å²) in [5, 5.41) is 1.11. The number of hydrogen-bond donors (Lipinski definition) is 2. The van der Waals surface area contributed by atoms with Gasteiger partial charge in [0.2, 0.25) is 0 Å². The highest BCUT2D eigenvalue weighted by atomic mass is 35.5. The number of hydrogen-bond acceptors (Lipinski definition) is 2. The zero-order chi connectivity index (χ0) is 13.0. The van der Waals surface area contributed by atoms with Crippen molar-refractivity contribution in [2.75, 3.05) is 0 Å². The average molecular weight is 280 g/mol. The number of aliphatic imine (C=N–C) groups is 1. The molecule has 0 aromatic heterocycles. The Morgan fingerprint density at radius 1 is 1.06 bits per heavy atom. The van der Waals surface area contributed by atoms with Crippen molar-refractivity contribution in [2.45, 2.75) is 0 Å². The second-order valence-corrected chi connectivity index (χ2v) is 4.41. The zero-order valence-electron chi connectivity index (χ0n) is 9.40. The van der Waals surface area contributed by atoms with Crippen molar-refractivity contribution < 1.29 is 0 Å². The molecular formula is C13H11Cl2N3. The van der Waals surface area contributed by atoms with Gasteiger partial charge in [0.05, 0.1) is 10.7 Å². The van der Waals surface area contributed by atoms with E-state index in [9.17, 15) is 0 Å². The maximum absolute atomic E-state index is 6.10. The molecule has 0 radical (unpaired) electrons. The van der Waals surface area contributed by atoms with E-state index in [0.717, 1.165) is 5.69 Å². The smallest absolute Gasteiger partial charge is 0.149 e. The first-order valence-electron chi connectivity index (χ1n) is 5.26. The predicted octanol–water partition coefficient (Wildman–Crippen LogP) is 3.54. The van der Waals surface area contributed by atoms with Gasteiger partial charge in [0, 0.05) is 10.6 Å². The van der Waals surface area contributed by atoms with Gasteiger partial charge in [0.1, 0.15) is 5.84 Å². The minimum absolute atomic E-state index is 0.466. The van der Waals surface area contributed by atoms with Crippen molar-refractivity contribution in [3.8, 4) is 0 Å². The summed E-state index contributed by atoms with van der Waals surface area (Å²) in [6, 6.07) is 14.6. The van der Waals surface area contributed by atoms with Crippen LogP contribution in [0.2, 0.25) is 10.0 Å². The lowest BCUT2D eigenvalue weighted by Crippen LogP contribution is -2.31. The third kappa shape index (κ3) is 3.01. The highest BCUT2D eigenvalue weighted by molar-refractivity contribution is 6.36. The van der Waals surface area contributed by atoms with Crippen molar-refractivity contribution in [3.63, 3.8) is 0 Å².